The van der Waals surface area contributed by atoms with Crippen LogP contribution in [0.15, 0.2) is 47.9 Å². The first-order valence-corrected chi connectivity index (χ1v) is 6.15. The molecule has 2 aromatic rings. The summed E-state index contributed by atoms with van der Waals surface area (Å²) in [6.07, 6.45) is 4.73. The summed E-state index contributed by atoms with van der Waals surface area (Å²) in [5, 5.41) is 2.15. The molecule has 1 heteroatoms. The SMILES string of the molecule is C1=C(c2cccs2)c2ccccc2CC1. The molecule has 0 fully saturated rings. The quantitative estimate of drug-likeness (QED) is 0.667. The molecule has 0 saturated heterocycles. The van der Waals surface area contributed by atoms with Gasteiger partial charge in [-0.05, 0) is 41.0 Å². The monoisotopic (exact) mass is 212 g/mol. The minimum Gasteiger partial charge on any atom is -0.144 e. The molecule has 0 atom stereocenters. The number of allylic oxidation sites excluding steroid dienone is 1. The van der Waals surface area contributed by atoms with Crippen molar-refractivity contribution >= 4 is 16.9 Å². The van der Waals surface area contributed by atoms with E-state index < -0.39 is 0 Å². The van der Waals surface area contributed by atoms with Crippen LogP contribution >= 0.6 is 11.3 Å². The number of hydrogen-bond acceptors (Lipinski definition) is 1. The Balaban J connectivity index is 2.15. The van der Waals surface area contributed by atoms with Gasteiger partial charge in [0.1, 0.15) is 0 Å². The number of hydrogen-bond donors (Lipinski definition) is 0. The number of fused-ring (bicyclic) bond motifs is 1. The molecular formula is C14H12S. The molecule has 0 spiro atoms. The van der Waals surface area contributed by atoms with Crippen molar-refractivity contribution in [3.05, 3.63) is 63.9 Å². The summed E-state index contributed by atoms with van der Waals surface area (Å²) < 4.78 is 0. The van der Waals surface area contributed by atoms with Crippen LogP contribution in [0.5, 0.6) is 0 Å². The number of thiophene rings is 1. The topological polar surface area (TPSA) is 0 Å². The van der Waals surface area contributed by atoms with E-state index in [-0.39, 0.29) is 0 Å². The highest BCUT2D eigenvalue weighted by atomic mass is 32.1. The van der Waals surface area contributed by atoms with Crippen LogP contribution in [0.3, 0.4) is 0 Å². The van der Waals surface area contributed by atoms with Crippen LogP contribution < -0.4 is 0 Å². The van der Waals surface area contributed by atoms with E-state index in [0.717, 1.165) is 0 Å². The standard InChI is InChI=1S/C14H12S/c1-2-7-12-11(5-1)6-3-8-13(12)14-9-4-10-15-14/h1-2,4-5,7-10H,3,6H2. The Labute approximate surface area is 93.9 Å². The molecule has 1 aromatic heterocycles. The van der Waals surface area contributed by atoms with Crippen molar-refractivity contribution in [2.24, 2.45) is 0 Å². The summed E-state index contributed by atoms with van der Waals surface area (Å²) in [5.41, 5.74) is 4.33. The maximum Gasteiger partial charge on any atom is 0.0345 e. The molecule has 1 aliphatic carbocycles. The van der Waals surface area contributed by atoms with Gasteiger partial charge in [0, 0.05) is 4.88 Å². The first-order valence-electron chi connectivity index (χ1n) is 5.27. The molecule has 0 N–H and O–H groups in total. The molecule has 0 unspecified atom stereocenters. The summed E-state index contributed by atoms with van der Waals surface area (Å²) in [4.78, 5) is 1.39. The van der Waals surface area contributed by atoms with E-state index in [1.54, 1.807) is 0 Å². The molecule has 0 radical (unpaired) electrons. The van der Waals surface area contributed by atoms with E-state index >= 15 is 0 Å². The molecule has 0 nitrogen and oxygen atoms in total. The van der Waals surface area contributed by atoms with Crippen LogP contribution in [0.1, 0.15) is 22.4 Å². The van der Waals surface area contributed by atoms with Crippen molar-refractivity contribution in [3.63, 3.8) is 0 Å². The maximum atomic E-state index is 2.37. The Hall–Kier alpha value is -1.34. The summed E-state index contributed by atoms with van der Waals surface area (Å²) in [6, 6.07) is 13.1. The second-order valence-corrected chi connectivity index (χ2v) is 4.74. The Morgan fingerprint density at radius 3 is 2.80 bits per heavy atom. The molecule has 1 heterocycles. The van der Waals surface area contributed by atoms with Gasteiger partial charge >= 0.3 is 0 Å². The number of aryl methyl sites for hydroxylation is 1. The Morgan fingerprint density at radius 2 is 1.93 bits per heavy atom. The number of benzene rings is 1. The summed E-state index contributed by atoms with van der Waals surface area (Å²) in [7, 11) is 0. The predicted molar refractivity (Wildman–Crippen MR) is 66.2 cm³/mol. The van der Waals surface area contributed by atoms with Crippen molar-refractivity contribution in [2.75, 3.05) is 0 Å². The average molecular weight is 212 g/mol. The fraction of sp³-hybridized carbons (Fsp3) is 0.143. The predicted octanol–water partition coefficient (Wildman–Crippen LogP) is 4.13. The highest BCUT2D eigenvalue weighted by Crippen LogP contribution is 2.33. The van der Waals surface area contributed by atoms with Gasteiger partial charge in [-0.3, -0.25) is 0 Å². The van der Waals surface area contributed by atoms with Gasteiger partial charge < -0.3 is 0 Å². The highest BCUT2D eigenvalue weighted by Gasteiger charge is 2.13. The lowest BCUT2D eigenvalue weighted by atomic mass is 9.90. The van der Waals surface area contributed by atoms with E-state index in [4.69, 9.17) is 0 Å². The summed E-state index contributed by atoms with van der Waals surface area (Å²) in [5.74, 6) is 0. The minimum absolute atomic E-state index is 1.17. The lowest BCUT2D eigenvalue weighted by Gasteiger charge is -2.16. The fourth-order valence-corrected chi connectivity index (χ4v) is 2.93. The van der Waals surface area contributed by atoms with Gasteiger partial charge in [-0.25, -0.2) is 0 Å². The summed E-state index contributed by atoms with van der Waals surface area (Å²) in [6.45, 7) is 0. The molecule has 15 heavy (non-hydrogen) atoms. The van der Waals surface area contributed by atoms with E-state index in [9.17, 15) is 0 Å². The lowest BCUT2D eigenvalue weighted by molar-refractivity contribution is 0.979. The zero-order chi connectivity index (χ0) is 10.1. The first kappa shape index (κ1) is 8.93. The minimum atomic E-state index is 1.17. The zero-order valence-corrected chi connectivity index (χ0v) is 9.26. The van der Waals surface area contributed by atoms with Gasteiger partial charge in [-0.15, -0.1) is 11.3 Å². The van der Waals surface area contributed by atoms with E-state index in [2.05, 4.69) is 47.9 Å². The van der Waals surface area contributed by atoms with E-state index in [1.807, 2.05) is 11.3 Å². The van der Waals surface area contributed by atoms with Gasteiger partial charge in [0.2, 0.25) is 0 Å². The van der Waals surface area contributed by atoms with Crippen molar-refractivity contribution < 1.29 is 0 Å². The molecule has 0 bridgehead atoms. The lowest BCUT2D eigenvalue weighted by Crippen LogP contribution is -1.99. The molecule has 1 aromatic carbocycles. The van der Waals surface area contributed by atoms with Crippen LogP contribution in [0.2, 0.25) is 0 Å². The molecule has 74 valence electrons. The van der Waals surface area contributed by atoms with Gasteiger partial charge in [-0.2, -0.15) is 0 Å². The van der Waals surface area contributed by atoms with Crippen LogP contribution in [-0.2, 0) is 6.42 Å². The molecule has 1 aliphatic rings. The molecular weight excluding hydrogens is 200 g/mol. The van der Waals surface area contributed by atoms with Gasteiger partial charge in [0.25, 0.3) is 0 Å². The van der Waals surface area contributed by atoms with Crippen LogP contribution in [0.4, 0.5) is 0 Å². The van der Waals surface area contributed by atoms with Crippen LogP contribution in [-0.4, -0.2) is 0 Å². The van der Waals surface area contributed by atoms with Crippen molar-refractivity contribution in [1.82, 2.24) is 0 Å². The summed E-state index contributed by atoms with van der Waals surface area (Å²) >= 11 is 1.82. The van der Waals surface area contributed by atoms with Crippen molar-refractivity contribution in [1.29, 1.82) is 0 Å². The van der Waals surface area contributed by atoms with Crippen LogP contribution in [0.25, 0.3) is 5.57 Å². The smallest absolute Gasteiger partial charge is 0.0345 e. The Kier molecular flexibility index (Phi) is 2.18. The fourth-order valence-electron chi connectivity index (χ4n) is 2.15. The van der Waals surface area contributed by atoms with E-state index in [0.29, 0.717) is 0 Å². The number of rotatable bonds is 1. The average Bonchev–Trinajstić information content (AvgIpc) is 2.82. The van der Waals surface area contributed by atoms with E-state index in [1.165, 1.54) is 34.4 Å². The van der Waals surface area contributed by atoms with Crippen molar-refractivity contribution in [3.8, 4) is 0 Å². The van der Waals surface area contributed by atoms with Gasteiger partial charge in [0.05, 0.1) is 0 Å². The highest BCUT2D eigenvalue weighted by molar-refractivity contribution is 7.11. The molecule has 0 amide bonds. The molecule has 0 saturated carbocycles. The molecule has 0 aliphatic heterocycles. The zero-order valence-electron chi connectivity index (χ0n) is 8.44. The van der Waals surface area contributed by atoms with Crippen LogP contribution in [0, 0.1) is 0 Å². The third-order valence-electron chi connectivity index (χ3n) is 2.86. The molecule has 3 rings (SSSR count). The third-order valence-corrected chi connectivity index (χ3v) is 3.76. The van der Waals surface area contributed by atoms with Crippen molar-refractivity contribution in [2.45, 2.75) is 12.8 Å². The second kappa shape index (κ2) is 3.67. The Bertz CT molecular complexity index is 492. The van der Waals surface area contributed by atoms with Gasteiger partial charge in [0.15, 0.2) is 0 Å². The van der Waals surface area contributed by atoms with Gasteiger partial charge in [-0.1, -0.05) is 36.4 Å². The second-order valence-electron chi connectivity index (χ2n) is 3.79. The maximum absolute atomic E-state index is 2.37. The largest absolute Gasteiger partial charge is 0.144 e. The first-order chi connectivity index (χ1) is 7.45. The Morgan fingerprint density at radius 1 is 1.00 bits per heavy atom. The normalized spacial score (nSPS) is 14.5. The third kappa shape index (κ3) is 1.53.